The minimum absolute atomic E-state index is 0.618. The Bertz CT molecular complexity index is 569. The van der Waals surface area contributed by atoms with E-state index < -0.39 is 0 Å². The predicted molar refractivity (Wildman–Crippen MR) is 86.8 cm³/mol. The van der Waals surface area contributed by atoms with Gasteiger partial charge in [-0.15, -0.1) is 0 Å². The maximum Gasteiger partial charge on any atom is 0.218 e. The lowest BCUT2D eigenvalue weighted by atomic mass is 10.2. The summed E-state index contributed by atoms with van der Waals surface area (Å²) in [5.41, 5.74) is 2.22. The van der Waals surface area contributed by atoms with Crippen molar-refractivity contribution < 1.29 is 4.74 Å². The standard InChI is InChI=1S/C15H20N4OS/c1-3-16-15(18-9-12-6-8-21-11-12)19-10-13-5-4-7-17-14(13)20-2/h4-8,11H,3,9-10H2,1-2H3,(H2,16,18,19). The van der Waals surface area contributed by atoms with Crippen LogP contribution in [0.25, 0.3) is 0 Å². The molecule has 2 N–H and O–H groups in total. The molecule has 0 spiro atoms. The fraction of sp³-hybridized carbons (Fsp3) is 0.333. The number of aliphatic imine (C=N–C) groups is 1. The summed E-state index contributed by atoms with van der Waals surface area (Å²) in [6, 6.07) is 5.97. The fourth-order valence-electron chi connectivity index (χ4n) is 1.82. The van der Waals surface area contributed by atoms with Gasteiger partial charge in [-0.25, -0.2) is 9.98 Å². The lowest BCUT2D eigenvalue weighted by molar-refractivity contribution is 0.392. The van der Waals surface area contributed by atoms with Gasteiger partial charge in [0.2, 0.25) is 5.88 Å². The Hall–Kier alpha value is -2.08. The van der Waals surface area contributed by atoms with Crippen LogP contribution in [0.2, 0.25) is 0 Å². The van der Waals surface area contributed by atoms with E-state index in [2.05, 4.69) is 37.4 Å². The highest BCUT2D eigenvalue weighted by Crippen LogP contribution is 2.12. The number of pyridine rings is 1. The van der Waals surface area contributed by atoms with Gasteiger partial charge in [-0.05, 0) is 35.4 Å². The molecule has 0 aliphatic rings. The van der Waals surface area contributed by atoms with E-state index in [-0.39, 0.29) is 0 Å². The summed E-state index contributed by atoms with van der Waals surface area (Å²) in [7, 11) is 1.63. The molecule has 2 aromatic rings. The molecule has 0 saturated carbocycles. The normalized spacial score (nSPS) is 11.2. The third-order valence-corrected chi connectivity index (χ3v) is 3.57. The number of hydrogen-bond donors (Lipinski definition) is 2. The maximum absolute atomic E-state index is 5.25. The molecule has 0 saturated heterocycles. The minimum Gasteiger partial charge on any atom is -0.481 e. The van der Waals surface area contributed by atoms with Gasteiger partial charge in [0, 0.05) is 24.8 Å². The van der Waals surface area contributed by atoms with E-state index in [0.717, 1.165) is 18.1 Å². The van der Waals surface area contributed by atoms with E-state index >= 15 is 0 Å². The molecule has 0 radical (unpaired) electrons. The largest absolute Gasteiger partial charge is 0.481 e. The van der Waals surface area contributed by atoms with E-state index in [4.69, 9.17) is 4.74 Å². The second-order valence-corrected chi connectivity index (χ2v) is 5.13. The van der Waals surface area contributed by atoms with Gasteiger partial charge in [-0.3, -0.25) is 0 Å². The van der Waals surface area contributed by atoms with Gasteiger partial charge in [0.25, 0.3) is 0 Å². The zero-order valence-electron chi connectivity index (χ0n) is 12.3. The number of rotatable bonds is 6. The van der Waals surface area contributed by atoms with Crippen LogP contribution in [0.4, 0.5) is 0 Å². The number of hydrogen-bond acceptors (Lipinski definition) is 4. The highest BCUT2D eigenvalue weighted by molar-refractivity contribution is 7.07. The SMILES string of the molecule is CCNC(=NCc1ccsc1)NCc1cccnc1OC. The monoisotopic (exact) mass is 304 g/mol. The van der Waals surface area contributed by atoms with Crippen LogP contribution in [0.1, 0.15) is 18.1 Å². The first-order valence-electron chi connectivity index (χ1n) is 6.84. The van der Waals surface area contributed by atoms with Crippen LogP contribution in [0, 0.1) is 0 Å². The number of aromatic nitrogens is 1. The highest BCUT2D eigenvalue weighted by atomic mass is 32.1. The van der Waals surface area contributed by atoms with E-state index in [9.17, 15) is 0 Å². The average molecular weight is 304 g/mol. The van der Waals surface area contributed by atoms with Crippen LogP contribution in [0.15, 0.2) is 40.1 Å². The summed E-state index contributed by atoms with van der Waals surface area (Å²) in [5.74, 6) is 1.42. The van der Waals surface area contributed by atoms with Crippen molar-refractivity contribution >= 4 is 17.3 Å². The van der Waals surface area contributed by atoms with Gasteiger partial charge in [-0.2, -0.15) is 11.3 Å². The molecular weight excluding hydrogens is 284 g/mol. The molecule has 0 fully saturated rings. The molecule has 0 atom stereocenters. The molecule has 0 aromatic carbocycles. The fourth-order valence-corrected chi connectivity index (χ4v) is 2.48. The lowest BCUT2D eigenvalue weighted by Crippen LogP contribution is -2.36. The van der Waals surface area contributed by atoms with Crippen LogP contribution in [-0.4, -0.2) is 24.6 Å². The molecule has 2 heterocycles. The van der Waals surface area contributed by atoms with E-state index in [1.807, 2.05) is 19.1 Å². The number of methoxy groups -OCH3 is 1. The van der Waals surface area contributed by atoms with Crippen LogP contribution in [0.3, 0.4) is 0 Å². The van der Waals surface area contributed by atoms with Crippen molar-refractivity contribution in [2.75, 3.05) is 13.7 Å². The molecular formula is C15H20N4OS. The topological polar surface area (TPSA) is 58.5 Å². The summed E-state index contributed by atoms with van der Waals surface area (Å²) in [6.45, 7) is 4.15. The first-order valence-corrected chi connectivity index (χ1v) is 7.79. The molecule has 112 valence electrons. The molecule has 0 amide bonds. The summed E-state index contributed by atoms with van der Waals surface area (Å²) in [5, 5.41) is 10.7. The van der Waals surface area contributed by atoms with Crippen molar-refractivity contribution in [3.05, 3.63) is 46.3 Å². The van der Waals surface area contributed by atoms with Crippen LogP contribution in [0.5, 0.6) is 5.88 Å². The van der Waals surface area contributed by atoms with Gasteiger partial charge in [-0.1, -0.05) is 6.07 Å². The molecule has 21 heavy (non-hydrogen) atoms. The number of thiophene rings is 1. The quantitative estimate of drug-likeness (QED) is 0.635. The van der Waals surface area contributed by atoms with E-state index in [1.165, 1.54) is 5.56 Å². The Morgan fingerprint density at radius 3 is 3.00 bits per heavy atom. The third-order valence-electron chi connectivity index (χ3n) is 2.83. The Balaban J connectivity index is 1.97. The zero-order chi connectivity index (χ0) is 14.9. The van der Waals surface area contributed by atoms with Crippen molar-refractivity contribution in [2.45, 2.75) is 20.0 Å². The van der Waals surface area contributed by atoms with Crippen LogP contribution >= 0.6 is 11.3 Å². The van der Waals surface area contributed by atoms with Crippen molar-refractivity contribution in [1.29, 1.82) is 0 Å². The highest BCUT2D eigenvalue weighted by Gasteiger charge is 2.04. The molecule has 0 aliphatic heterocycles. The number of ether oxygens (including phenoxy) is 1. The number of nitrogens with zero attached hydrogens (tertiary/aromatic N) is 2. The van der Waals surface area contributed by atoms with Crippen molar-refractivity contribution in [3.8, 4) is 5.88 Å². The van der Waals surface area contributed by atoms with Crippen molar-refractivity contribution in [2.24, 2.45) is 4.99 Å². The van der Waals surface area contributed by atoms with Gasteiger partial charge >= 0.3 is 0 Å². The second-order valence-electron chi connectivity index (χ2n) is 4.35. The molecule has 5 nitrogen and oxygen atoms in total. The first-order chi connectivity index (χ1) is 10.3. The summed E-state index contributed by atoms with van der Waals surface area (Å²) >= 11 is 1.68. The van der Waals surface area contributed by atoms with Gasteiger partial charge < -0.3 is 15.4 Å². The van der Waals surface area contributed by atoms with Gasteiger partial charge in [0.15, 0.2) is 5.96 Å². The minimum atomic E-state index is 0.618. The predicted octanol–water partition coefficient (Wildman–Crippen LogP) is 2.41. The summed E-state index contributed by atoms with van der Waals surface area (Å²) < 4.78 is 5.25. The zero-order valence-corrected chi connectivity index (χ0v) is 13.1. The Kier molecular flexibility index (Phi) is 6.02. The maximum atomic E-state index is 5.25. The third kappa shape index (κ3) is 4.75. The van der Waals surface area contributed by atoms with E-state index in [1.54, 1.807) is 24.6 Å². The second kappa shape index (κ2) is 8.26. The Morgan fingerprint density at radius 2 is 2.29 bits per heavy atom. The molecule has 0 bridgehead atoms. The number of nitrogens with one attached hydrogen (secondary N) is 2. The van der Waals surface area contributed by atoms with Crippen molar-refractivity contribution in [3.63, 3.8) is 0 Å². The van der Waals surface area contributed by atoms with Crippen molar-refractivity contribution in [1.82, 2.24) is 15.6 Å². The molecule has 6 heteroatoms. The first kappa shape index (κ1) is 15.3. The van der Waals surface area contributed by atoms with Crippen LogP contribution in [-0.2, 0) is 13.1 Å². The smallest absolute Gasteiger partial charge is 0.218 e. The Labute approximate surface area is 129 Å². The lowest BCUT2D eigenvalue weighted by Gasteiger charge is -2.12. The van der Waals surface area contributed by atoms with E-state index in [0.29, 0.717) is 19.0 Å². The van der Waals surface area contributed by atoms with Crippen LogP contribution < -0.4 is 15.4 Å². The molecule has 0 aliphatic carbocycles. The summed E-state index contributed by atoms with van der Waals surface area (Å²) in [4.78, 5) is 8.75. The Morgan fingerprint density at radius 1 is 1.38 bits per heavy atom. The average Bonchev–Trinajstić information content (AvgIpc) is 3.03. The number of guanidine groups is 1. The molecule has 0 unspecified atom stereocenters. The summed E-state index contributed by atoms with van der Waals surface area (Å²) in [6.07, 6.45) is 1.72. The van der Waals surface area contributed by atoms with Gasteiger partial charge in [0.05, 0.1) is 13.7 Å². The molecule has 2 aromatic heterocycles. The van der Waals surface area contributed by atoms with Gasteiger partial charge in [0.1, 0.15) is 0 Å². The molecule has 2 rings (SSSR count).